The molecule has 0 aromatic heterocycles. The molecule has 0 radical (unpaired) electrons. The van der Waals surface area contributed by atoms with Gasteiger partial charge in [0.2, 0.25) is 5.91 Å². The fourth-order valence-electron chi connectivity index (χ4n) is 3.90. The summed E-state index contributed by atoms with van der Waals surface area (Å²) in [5.41, 5.74) is 2.11. The number of hydrogen-bond donors (Lipinski definition) is 5. The highest BCUT2D eigenvalue weighted by Gasteiger charge is 2.44. The molecule has 3 rings (SSSR count). The lowest BCUT2D eigenvalue weighted by Gasteiger charge is -2.33. The van der Waals surface area contributed by atoms with Crippen molar-refractivity contribution >= 4 is 36.3 Å². The normalized spacial score (nSPS) is 23.9. The molecule has 31 heavy (non-hydrogen) atoms. The largest absolute Gasteiger partial charge is 0.481 e. The van der Waals surface area contributed by atoms with E-state index < -0.39 is 40.8 Å². The number of aryl methyl sites for hydroxylation is 1. The van der Waals surface area contributed by atoms with Crippen molar-refractivity contribution in [1.29, 1.82) is 0 Å². The van der Waals surface area contributed by atoms with Gasteiger partial charge in [-0.25, -0.2) is 0 Å². The molecular formula is C21H27N3O6S. The van der Waals surface area contributed by atoms with Crippen LogP contribution in [0.5, 0.6) is 0 Å². The maximum absolute atomic E-state index is 13.1. The van der Waals surface area contributed by atoms with Crippen molar-refractivity contribution in [3.8, 4) is 0 Å². The van der Waals surface area contributed by atoms with E-state index in [0.717, 1.165) is 16.0 Å². The Kier molecular flexibility index (Phi) is 6.45. The summed E-state index contributed by atoms with van der Waals surface area (Å²) in [4.78, 5) is 48.9. The van der Waals surface area contributed by atoms with Crippen LogP contribution < -0.4 is 10.6 Å². The molecule has 0 spiro atoms. The summed E-state index contributed by atoms with van der Waals surface area (Å²) in [6.07, 6.45) is -0.394. The molecule has 9 nitrogen and oxygen atoms in total. The van der Waals surface area contributed by atoms with Gasteiger partial charge in [-0.15, -0.1) is 0 Å². The molecule has 0 aliphatic carbocycles. The second-order valence-corrected chi connectivity index (χ2v) is 9.11. The number of thiol groups is 1. The number of carboxylic acid groups (broad SMARTS) is 1. The van der Waals surface area contributed by atoms with Crippen LogP contribution in [-0.2, 0) is 22.6 Å². The van der Waals surface area contributed by atoms with E-state index in [1.807, 2.05) is 6.92 Å². The van der Waals surface area contributed by atoms with Crippen molar-refractivity contribution in [3.63, 3.8) is 0 Å². The Morgan fingerprint density at radius 2 is 1.87 bits per heavy atom. The van der Waals surface area contributed by atoms with Crippen LogP contribution >= 0.6 is 12.6 Å². The predicted molar refractivity (Wildman–Crippen MR) is 115 cm³/mol. The summed E-state index contributed by atoms with van der Waals surface area (Å²) < 4.78 is 0. The van der Waals surface area contributed by atoms with Gasteiger partial charge in [0.1, 0.15) is 6.23 Å². The van der Waals surface area contributed by atoms with E-state index in [9.17, 15) is 29.4 Å². The first kappa shape index (κ1) is 23.2. The molecule has 1 fully saturated rings. The van der Waals surface area contributed by atoms with E-state index in [4.69, 9.17) is 0 Å². The number of rotatable bonds is 7. The summed E-state index contributed by atoms with van der Waals surface area (Å²) >= 11 is 4.45. The molecule has 1 aromatic rings. The molecule has 4 unspecified atom stereocenters. The van der Waals surface area contributed by atoms with Crippen LogP contribution in [0.1, 0.15) is 65.5 Å². The molecule has 1 saturated heterocycles. The van der Waals surface area contributed by atoms with E-state index in [2.05, 4.69) is 23.3 Å². The minimum Gasteiger partial charge on any atom is -0.481 e. The number of carbonyl (C=O) groups excluding carboxylic acids is 3. The van der Waals surface area contributed by atoms with Gasteiger partial charge in [-0.05, 0) is 49.9 Å². The lowest BCUT2D eigenvalue weighted by Crippen LogP contribution is -2.57. The van der Waals surface area contributed by atoms with Crippen molar-refractivity contribution < 1.29 is 29.4 Å². The third-order valence-electron chi connectivity index (χ3n) is 6.14. The van der Waals surface area contributed by atoms with Gasteiger partial charge in [-0.3, -0.25) is 29.4 Å². The van der Waals surface area contributed by atoms with Crippen LogP contribution in [0.25, 0.3) is 0 Å². The number of aliphatic carboxylic acids is 1. The van der Waals surface area contributed by atoms with Gasteiger partial charge >= 0.3 is 5.97 Å². The molecule has 4 atom stereocenters. The standard InChI is InChI=1S/C21H27N3O6S/c1-4-11-7-13-14(8-12(11)9-22-21(3,31)10(2)20(29)30)19(28)24(18(13)27)15-5-6-16(25)23-17(15)26/h7-8,10,15,17,22,26,31H,4-6,9H2,1-3H3,(H,23,25)(H,29,30). The molecule has 2 aliphatic heterocycles. The second-order valence-electron chi connectivity index (χ2n) is 8.18. The number of carbonyl (C=O) groups is 4. The van der Waals surface area contributed by atoms with E-state index in [-0.39, 0.29) is 36.4 Å². The molecular weight excluding hydrogens is 422 g/mol. The predicted octanol–water partition coefficient (Wildman–Crippen LogP) is 0.898. The number of nitrogens with zero attached hydrogens (tertiary/aromatic N) is 1. The van der Waals surface area contributed by atoms with E-state index in [1.165, 1.54) is 0 Å². The van der Waals surface area contributed by atoms with Crippen LogP contribution in [0, 0.1) is 5.92 Å². The maximum Gasteiger partial charge on any atom is 0.308 e. The van der Waals surface area contributed by atoms with E-state index >= 15 is 0 Å². The zero-order valence-electron chi connectivity index (χ0n) is 17.6. The molecule has 4 N–H and O–H groups in total. The number of hydrogen-bond acceptors (Lipinski definition) is 7. The number of amides is 3. The van der Waals surface area contributed by atoms with Crippen molar-refractivity contribution in [2.45, 2.75) is 63.7 Å². The topological polar surface area (TPSA) is 136 Å². The SMILES string of the molecule is CCc1cc2c(cc1CNC(C)(S)C(C)C(=O)O)C(=O)N(C1CCC(=O)NC1O)C2=O. The van der Waals surface area contributed by atoms with Crippen LogP contribution in [-0.4, -0.2) is 55.9 Å². The van der Waals surface area contributed by atoms with Crippen molar-refractivity contribution in [3.05, 3.63) is 34.4 Å². The Morgan fingerprint density at radius 3 is 2.39 bits per heavy atom. The average molecular weight is 450 g/mol. The zero-order valence-corrected chi connectivity index (χ0v) is 18.5. The molecule has 0 bridgehead atoms. The number of carboxylic acids is 1. The van der Waals surface area contributed by atoms with Gasteiger partial charge in [0.15, 0.2) is 0 Å². The third-order valence-corrected chi connectivity index (χ3v) is 6.69. The van der Waals surface area contributed by atoms with E-state index in [1.54, 1.807) is 26.0 Å². The van der Waals surface area contributed by atoms with Crippen LogP contribution in [0.15, 0.2) is 12.1 Å². The average Bonchev–Trinajstić information content (AvgIpc) is 2.95. The van der Waals surface area contributed by atoms with E-state index in [0.29, 0.717) is 6.42 Å². The monoisotopic (exact) mass is 449 g/mol. The summed E-state index contributed by atoms with van der Waals surface area (Å²) in [5.74, 6) is -3.08. The Hall–Kier alpha value is -2.43. The molecule has 168 valence electrons. The number of aliphatic hydroxyl groups is 1. The molecule has 10 heteroatoms. The molecule has 3 amide bonds. The number of nitrogens with one attached hydrogen (secondary N) is 2. The number of piperidine rings is 1. The molecule has 1 aromatic carbocycles. The summed E-state index contributed by atoms with van der Waals surface area (Å²) in [5, 5.41) is 25.0. The highest BCUT2D eigenvalue weighted by Crippen LogP contribution is 2.31. The van der Waals surface area contributed by atoms with Crippen molar-refractivity contribution in [2.24, 2.45) is 5.92 Å². The second kappa shape index (κ2) is 8.60. The first-order chi connectivity index (χ1) is 14.5. The first-order valence-corrected chi connectivity index (χ1v) is 10.6. The van der Waals surface area contributed by atoms with Crippen LogP contribution in [0.4, 0.5) is 0 Å². The number of aliphatic hydroxyl groups excluding tert-OH is 1. The number of imide groups is 1. The van der Waals surface area contributed by atoms with Gasteiger partial charge in [0.25, 0.3) is 11.8 Å². The minimum atomic E-state index is -1.31. The fraction of sp³-hybridized carbons (Fsp3) is 0.524. The van der Waals surface area contributed by atoms with Gasteiger partial charge in [-0.2, -0.15) is 12.6 Å². The summed E-state index contributed by atoms with van der Waals surface area (Å²) in [6.45, 7) is 5.41. The lowest BCUT2D eigenvalue weighted by atomic mass is 9.96. The van der Waals surface area contributed by atoms with Gasteiger partial charge < -0.3 is 15.5 Å². The first-order valence-electron chi connectivity index (χ1n) is 10.2. The van der Waals surface area contributed by atoms with Crippen molar-refractivity contribution in [1.82, 2.24) is 15.5 Å². The Labute approximate surface area is 185 Å². The van der Waals surface area contributed by atoms with Gasteiger partial charge in [0.05, 0.1) is 28.0 Å². The van der Waals surface area contributed by atoms with Crippen LogP contribution in [0.3, 0.4) is 0 Å². The minimum absolute atomic E-state index is 0.118. The Morgan fingerprint density at radius 1 is 1.29 bits per heavy atom. The number of fused-ring (bicyclic) bond motifs is 1. The summed E-state index contributed by atoms with van der Waals surface area (Å²) in [7, 11) is 0. The Bertz CT molecular complexity index is 947. The molecule has 2 aliphatic rings. The highest BCUT2D eigenvalue weighted by atomic mass is 32.1. The lowest BCUT2D eigenvalue weighted by molar-refractivity contribution is -0.142. The quantitative estimate of drug-likeness (QED) is 0.237. The smallest absolute Gasteiger partial charge is 0.308 e. The number of benzene rings is 1. The Balaban J connectivity index is 1.88. The fourth-order valence-corrected chi connectivity index (χ4v) is 4.09. The maximum atomic E-state index is 13.1. The van der Waals surface area contributed by atoms with Crippen molar-refractivity contribution in [2.75, 3.05) is 0 Å². The van der Waals surface area contributed by atoms with Gasteiger partial charge in [0, 0.05) is 13.0 Å². The van der Waals surface area contributed by atoms with Gasteiger partial charge in [-0.1, -0.05) is 6.92 Å². The third kappa shape index (κ3) is 4.32. The zero-order chi connectivity index (χ0) is 23.1. The summed E-state index contributed by atoms with van der Waals surface area (Å²) in [6, 6.07) is 2.50. The van der Waals surface area contributed by atoms with Crippen LogP contribution in [0.2, 0.25) is 0 Å². The highest BCUT2D eigenvalue weighted by molar-refractivity contribution is 7.81. The molecule has 0 saturated carbocycles. The molecule has 2 heterocycles.